The van der Waals surface area contributed by atoms with Gasteiger partial charge in [-0.3, -0.25) is 9.82 Å². The van der Waals surface area contributed by atoms with Gasteiger partial charge in [0, 0.05) is 0 Å². The maximum atomic E-state index is 12.1. The molecule has 0 aliphatic rings. The topological polar surface area (TPSA) is 101 Å². The van der Waals surface area contributed by atoms with Crippen molar-refractivity contribution >= 4 is 21.5 Å². The summed E-state index contributed by atoms with van der Waals surface area (Å²) in [5, 5.41) is 6.16. The Kier molecular flexibility index (Phi) is 3.75. The monoisotopic (exact) mass is 280 g/mol. The summed E-state index contributed by atoms with van der Waals surface area (Å²) in [7, 11) is -3.64. The number of aromatic amines is 1. The summed E-state index contributed by atoms with van der Waals surface area (Å²) >= 11 is 0. The second-order valence-corrected chi connectivity index (χ2v) is 5.88. The molecular formula is C12H16N4O2S. The molecule has 6 nitrogen and oxygen atoms in total. The van der Waals surface area contributed by atoms with Crippen LogP contribution in [0, 0.1) is 0 Å². The molecule has 7 heteroatoms. The van der Waals surface area contributed by atoms with Gasteiger partial charge in [-0.2, -0.15) is 5.10 Å². The Labute approximate surface area is 112 Å². The molecule has 0 bridgehead atoms. The maximum Gasteiger partial charge on any atom is 0.263 e. The molecule has 19 heavy (non-hydrogen) atoms. The summed E-state index contributed by atoms with van der Waals surface area (Å²) < 4.78 is 26.6. The number of benzene rings is 1. The molecule has 1 aromatic heterocycles. The quantitative estimate of drug-likeness (QED) is 0.776. The van der Waals surface area contributed by atoms with Gasteiger partial charge in [-0.25, -0.2) is 8.42 Å². The van der Waals surface area contributed by atoms with Gasteiger partial charge in [-0.05, 0) is 24.1 Å². The van der Waals surface area contributed by atoms with E-state index >= 15 is 0 Å². The SMILES string of the molecule is CCCc1ccc(S(=O)(=O)Nc2[nH]ncc2N)cc1. The van der Waals surface area contributed by atoms with Crippen molar-refractivity contribution in [2.24, 2.45) is 0 Å². The molecule has 1 aromatic carbocycles. The number of sulfonamides is 1. The Bertz CT molecular complexity index is 647. The first-order valence-corrected chi connectivity index (χ1v) is 7.42. The third kappa shape index (κ3) is 3.05. The number of nitrogens with two attached hydrogens (primary N) is 1. The number of aromatic nitrogens is 2. The van der Waals surface area contributed by atoms with E-state index in [0.717, 1.165) is 18.4 Å². The van der Waals surface area contributed by atoms with Gasteiger partial charge in [-0.1, -0.05) is 25.5 Å². The molecule has 0 unspecified atom stereocenters. The molecule has 0 amide bonds. The van der Waals surface area contributed by atoms with E-state index in [0.29, 0.717) is 0 Å². The fourth-order valence-corrected chi connectivity index (χ4v) is 2.74. The second kappa shape index (κ2) is 5.31. The van der Waals surface area contributed by atoms with Gasteiger partial charge in [-0.15, -0.1) is 0 Å². The molecule has 0 fully saturated rings. The molecule has 2 aromatic rings. The van der Waals surface area contributed by atoms with E-state index in [1.54, 1.807) is 12.1 Å². The van der Waals surface area contributed by atoms with Crippen LogP contribution in [0.25, 0.3) is 0 Å². The van der Waals surface area contributed by atoms with Crippen LogP contribution in [0.15, 0.2) is 35.4 Å². The van der Waals surface area contributed by atoms with Crippen LogP contribution in [-0.4, -0.2) is 18.6 Å². The van der Waals surface area contributed by atoms with Crippen LogP contribution < -0.4 is 10.5 Å². The fraction of sp³-hybridized carbons (Fsp3) is 0.250. The van der Waals surface area contributed by atoms with Crippen molar-refractivity contribution in [1.29, 1.82) is 0 Å². The molecule has 0 saturated heterocycles. The highest BCUT2D eigenvalue weighted by Crippen LogP contribution is 2.19. The Morgan fingerprint density at radius 1 is 1.32 bits per heavy atom. The van der Waals surface area contributed by atoms with Gasteiger partial charge in [0.25, 0.3) is 10.0 Å². The minimum atomic E-state index is -3.64. The number of nitrogens with zero attached hydrogens (tertiary/aromatic N) is 1. The van der Waals surface area contributed by atoms with E-state index in [9.17, 15) is 8.42 Å². The third-order valence-corrected chi connectivity index (χ3v) is 4.04. The predicted octanol–water partition coefficient (Wildman–Crippen LogP) is 1.75. The minimum absolute atomic E-state index is 0.178. The lowest BCUT2D eigenvalue weighted by molar-refractivity contribution is 0.601. The lowest BCUT2D eigenvalue weighted by Crippen LogP contribution is -2.14. The molecule has 0 aliphatic heterocycles. The molecule has 0 aliphatic carbocycles. The first-order valence-electron chi connectivity index (χ1n) is 5.93. The summed E-state index contributed by atoms with van der Waals surface area (Å²) in [6.45, 7) is 2.08. The number of anilines is 2. The Morgan fingerprint density at radius 3 is 2.53 bits per heavy atom. The van der Waals surface area contributed by atoms with Crippen molar-refractivity contribution in [2.75, 3.05) is 10.5 Å². The molecule has 0 spiro atoms. The van der Waals surface area contributed by atoms with E-state index < -0.39 is 10.0 Å². The van der Waals surface area contributed by atoms with Crippen molar-refractivity contribution in [3.63, 3.8) is 0 Å². The van der Waals surface area contributed by atoms with Crippen LogP contribution in [0.4, 0.5) is 11.5 Å². The van der Waals surface area contributed by atoms with Crippen LogP contribution in [-0.2, 0) is 16.4 Å². The summed E-state index contributed by atoms with van der Waals surface area (Å²) in [5.74, 6) is 0.178. The molecule has 4 N–H and O–H groups in total. The zero-order valence-electron chi connectivity index (χ0n) is 10.6. The molecule has 102 valence electrons. The smallest absolute Gasteiger partial charge is 0.263 e. The van der Waals surface area contributed by atoms with Crippen LogP contribution in [0.5, 0.6) is 0 Å². The van der Waals surface area contributed by atoms with Crippen molar-refractivity contribution in [2.45, 2.75) is 24.7 Å². The van der Waals surface area contributed by atoms with Gasteiger partial charge in [0.1, 0.15) is 0 Å². The van der Waals surface area contributed by atoms with E-state index in [2.05, 4.69) is 21.8 Å². The third-order valence-electron chi connectivity index (χ3n) is 2.68. The first kappa shape index (κ1) is 13.4. The largest absolute Gasteiger partial charge is 0.394 e. The Balaban J connectivity index is 2.22. The zero-order valence-corrected chi connectivity index (χ0v) is 11.4. The lowest BCUT2D eigenvalue weighted by Gasteiger charge is -2.07. The van der Waals surface area contributed by atoms with Crippen molar-refractivity contribution in [3.05, 3.63) is 36.0 Å². The average Bonchev–Trinajstić information content (AvgIpc) is 2.75. The second-order valence-electron chi connectivity index (χ2n) is 4.20. The molecular weight excluding hydrogens is 264 g/mol. The summed E-state index contributed by atoms with van der Waals surface area (Å²) in [6, 6.07) is 6.79. The Hall–Kier alpha value is -2.02. The van der Waals surface area contributed by atoms with Gasteiger partial charge in [0.2, 0.25) is 0 Å². The van der Waals surface area contributed by atoms with Gasteiger partial charge in [0.15, 0.2) is 5.82 Å². The van der Waals surface area contributed by atoms with Gasteiger partial charge in [0.05, 0.1) is 16.8 Å². The van der Waals surface area contributed by atoms with Crippen LogP contribution in [0.2, 0.25) is 0 Å². The molecule has 1 heterocycles. The number of H-pyrrole nitrogens is 1. The highest BCUT2D eigenvalue weighted by atomic mass is 32.2. The molecule has 0 atom stereocenters. The van der Waals surface area contributed by atoms with E-state index in [1.807, 2.05) is 12.1 Å². The van der Waals surface area contributed by atoms with E-state index in [-0.39, 0.29) is 16.4 Å². The standard InChI is InChI=1S/C12H16N4O2S/c1-2-3-9-4-6-10(7-5-9)19(17,18)16-12-11(13)8-14-15-12/h4-8H,2-3,13H2,1H3,(H2,14,15,16). The van der Waals surface area contributed by atoms with Crippen LogP contribution in [0.1, 0.15) is 18.9 Å². The highest BCUT2D eigenvalue weighted by molar-refractivity contribution is 7.92. The highest BCUT2D eigenvalue weighted by Gasteiger charge is 2.16. The number of aryl methyl sites for hydroxylation is 1. The van der Waals surface area contributed by atoms with Crippen LogP contribution >= 0.6 is 0 Å². The van der Waals surface area contributed by atoms with Gasteiger partial charge < -0.3 is 5.73 Å². The zero-order chi connectivity index (χ0) is 13.9. The van der Waals surface area contributed by atoms with Gasteiger partial charge >= 0.3 is 0 Å². The van der Waals surface area contributed by atoms with E-state index in [4.69, 9.17) is 5.73 Å². The summed E-state index contributed by atoms with van der Waals surface area (Å²) in [4.78, 5) is 0.196. The number of hydrogen-bond donors (Lipinski definition) is 3. The number of nitrogens with one attached hydrogen (secondary N) is 2. The molecule has 0 radical (unpaired) electrons. The number of nitrogen functional groups attached to an aromatic ring is 1. The number of hydrogen-bond acceptors (Lipinski definition) is 4. The normalized spacial score (nSPS) is 11.4. The first-order chi connectivity index (χ1) is 9.03. The van der Waals surface area contributed by atoms with Crippen molar-refractivity contribution in [1.82, 2.24) is 10.2 Å². The maximum absolute atomic E-state index is 12.1. The molecule has 0 saturated carbocycles. The average molecular weight is 280 g/mol. The predicted molar refractivity (Wildman–Crippen MR) is 74.2 cm³/mol. The van der Waals surface area contributed by atoms with E-state index in [1.165, 1.54) is 6.20 Å². The van der Waals surface area contributed by atoms with Crippen LogP contribution in [0.3, 0.4) is 0 Å². The number of rotatable bonds is 5. The summed E-state index contributed by atoms with van der Waals surface area (Å²) in [5.41, 5.74) is 6.94. The van der Waals surface area contributed by atoms with Crippen molar-refractivity contribution in [3.8, 4) is 0 Å². The molecule has 2 rings (SSSR count). The van der Waals surface area contributed by atoms with Crippen molar-refractivity contribution < 1.29 is 8.42 Å². The fourth-order valence-electron chi connectivity index (χ4n) is 1.69. The Morgan fingerprint density at radius 2 is 2.00 bits per heavy atom. The summed E-state index contributed by atoms with van der Waals surface area (Å²) in [6.07, 6.45) is 3.30. The lowest BCUT2D eigenvalue weighted by atomic mass is 10.1. The minimum Gasteiger partial charge on any atom is -0.394 e.